The number of hydrogen-bond acceptors (Lipinski definition) is 6. The molecule has 0 aromatic carbocycles. The number of carboxylic acids is 1. The van der Waals surface area contributed by atoms with E-state index in [2.05, 4.69) is 10.1 Å². The Morgan fingerprint density at radius 2 is 2.23 bits per heavy atom. The van der Waals surface area contributed by atoms with Gasteiger partial charge in [0.15, 0.2) is 6.10 Å². The Bertz CT molecular complexity index is 842. The van der Waals surface area contributed by atoms with E-state index in [0.29, 0.717) is 25.4 Å². The Labute approximate surface area is 176 Å². The van der Waals surface area contributed by atoms with E-state index in [0.717, 1.165) is 18.5 Å². The summed E-state index contributed by atoms with van der Waals surface area (Å²) in [5.41, 5.74) is -0.326. The van der Waals surface area contributed by atoms with Crippen LogP contribution in [-0.2, 0) is 19.1 Å². The molecule has 1 heterocycles. The fraction of sp³-hybridized carbons (Fsp3) is 0.435. The summed E-state index contributed by atoms with van der Waals surface area (Å²) in [5, 5.41) is 14.3. The number of rotatable bonds is 10. The first kappa shape index (κ1) is 21.6. The van der Waals surface area contributed by atoms with Crippen molar-refractivity contribution in [3.05, 3.63) is 66.2 Å². The minimum absolute atomic E-state index is 0.0367. The third kappa shape index (κ3) is 5.09. The van der Waals surface area contributed by atoms with Crippen molar-refractivity contribution < 1.29 is 24.2 Å². The molecule has 2 aliphatic carbocycles. The predicted molar refractivity (Wildman–Crippen MR) is 113 cm³/mol. The quantitative estimate of drug-likeness (QED) is 0.201. The molecule has 0 aliphatic heterocycles. The van der Waals surface area contributed by atoms with Crippen molar-refractivity contribution in [1.29, 1.82) is 0 Å². The molecule has 1 saturated carbocycles. The van der Waals surface area contributed by atoms with Gasteiger partial charge in [-0.2, -0.15) is 0 Å². The first-order chi connectivity index (χ1) is 14.6. The molecule has 1 aromatic heterocycles. The molecule has 30 heavy (non-hydrogen) atoms. The largest absolute Gasteiger partial charge is 0.504 e. The van der Waals surface area contributed by atoms with E-state index in [1.54, 1.807) is 18.3 Å². The summed E-state index contributed by atoms with van der Waals surface area (Å²) in [6, 6.07) is 5.61. The molecule has 7 nitrogen and oxygen atoms in total. The highest BCUT2D eigenvalue weighted by Crippen LogP contribution is 2.40. The SMILES string of the molecule is CCC(ON=C(OCC1CC1)C1(C(=COC)C(=O)O)C=CC=CC1)c1ccccn1. The molecule has 0 saturated heterocycles. The van der Waals surface area contributed by atoms with Gasteiger partial charge in [-0.15, -0.1) is 0 Å². The number of aliphatic carboxylic acids is 1. The van der Waals surface area contributed by atoms with Crippen LogP contribution in [0.1, 0.15) is 44.4 Å². The van der Waals surface area contributed by atoms with Crippen LogP contribution >= 0.6 is 0 Å². The Hall–Kier alpha value is -3.09. The Balaban J connectivity index is 1.97. The Kier molecular flexibility index (Phi) is 7.27. The summed E-state index contributed by atoms with van der Waals surface area (Å²) >= 11 is 0. The van der Waals surface area contributed by atoms with Gasteiger partial charge < -0.3 is 19.4 Å². The normalized spacial score (nSPS) is 22.5. The van der Waals surface area contributed by atoms with E-state index in [1.807, 2.05) is 37.3 Å². The van der Waals surface area contributed by atoms with Crippen LogP contribution in [0.3, 0.4) is 0 Å². The summed E-state index contributed by atoms with van der Waals surface area (Å²) in [6.07, 6.45) is 13.1. The molecule has 1 aromatic rings. The van der Waals surface area contributed by atoms with Gasteiger partial charge in [0, 0.05) is 6.20 Å². The number of ether oxygens (including phenoxy) is 2. The standard InChI is InChI=1S/C23H28N2O5/c1-3-20(19-9-5-8-14-24-19)30-25-22(29-15-17-10-11-17)23(12-6-4-7-13-23)18(16-28-2)21(26)27/h4-9,12,14,16-17,20H,3,10-11,13,15H2,1-2H3,(H,26,27). The highest BCUT2D eigenvalue weighted by molar-refractivity contribution is 6.00. The number of methoxy groups -OCH3 is 1. The third-order valence-electron chi connectivity index (χ3n) is 5.20. The van der Waals surface area contributed by atoms with Crippen LogP contribution in [0.5, 0.6) is 0 Å². The first-order valence-electron chi connectivity index (χ1n) is 10.2. The lowest BCUT2D eigenvalue weighted by Gasteiger charge is -2.32. The molecule has 2 unspecified atom stereocenters. The first-order valence-corrected chi connectivity index (χ1v) is 10.2. The van der Waals surface area contributed by atoms with Gasteiger partial charge in [-0.25, -0.2) is 4.79 Å². The smallest absolute Gasteiger partial charge is 0.336 e. The molecule has 0 amide bonds. The topological polar surface area (TPSA) is 90.2 Å². The summed E-state index contributed by atoms with van der Waals surface area (Å²) in [5.74, 6) is -0.417. The molecule has 7 heteroatoms. The number of carbonyl (C=O) groups is 1. The highest BCUT2D eigenvalue weighted by atomic mass is 16.7. The average Bonchev–Trinajstić information content (AvgIpc) is 3.60. The van der Waals surface area contributed by atoms with Crippen molar-refractivity contribution >= 4 is 11.9 Å². The second-order valence-electron chi connectivity index (χ2n) is 7.44. The summed E-state index contributed by atoms with van der Waals surface area (Å²) in [6.45, 7) is 2.45. The maximum absolute atomic E-state index is 12.1. The monoisotopic (exact) mass is 412 g/mol. The molecule has 2 atom stereocenters. The lowest BCUT2D eigenvalue weighted by atomic mass is 9.75. The van der Waals surface area contributed by atoms with E-state index in [4.69, 9.17) is 14.3 Å². The second-order valence-corrected chi connectivity index (χ2v) is 7.44. The second kappa shape index (κ2) is 10.1. The van der Waals surface area contributed by atoms with Crippen LogP contribution in [0.25, 0.3) is 0 Å². The Morgan fingerprint density at radius 3 is 2.80 bits per heavy atom. The van der Waals surface area contributed by atoms with Gasteiger partial charge in [-0.3, -0.25) is 4.98 Å². The van der Waals surface area contributed by atoms with Gasteiger partial charge >= 0.3 is 5.97 Å². The molecule has 3 rings (SSSR count). The number of pyridine rings is 1. The van der Waals surface area contributed by atoms with Gasteiger partial charge in [0.25, 0.3) is 0 Å². The fourth-order valence-corrected chi connectivity index (χ4v) is 3.29. The molecule has 0 bridgehead atoms. The number of nitrogens with zero attached hydrogens (tertiary/aromatic N) is 2. The summed E-state index contributed by atoms with van der Waals surface area (Å²) in [4.78, 5) is 22.3. The minimum atomic E-state index is -1.12. The maximum Gasteiger partial charge on any atom is 0.336 e. The zero-order valence-electron chi connectivity index (χ0n) is 17.4. The molecule has 160 valence electrons. The minimum Gasteiger partial charge on any atom is -0.504 e. The lowest BCUT2D eigenvalue weighted by molar-refractivity contribution is -0.133. The van der Waals surface area contributed by atoms with Crippen LogP contribution in [0.2, 0.25) is 0 Å². The summed E-state index contributed by atoms with van der Waals surface area (Å²) < 4.78 is 11.2. The van der Waals surface area contributed by atoms with E-state index < -0.39 is 11.4 Å². The number of carboxylic acid groups (broad SMARTS) is 1. The van der Waals surface area contributed by atoms with Crippen LogP contribution in [-0.4, -0.2) is 35.7 Å². The van der Waals surface area contributed by atoms with E-state index in [9.17, 15) is 9.90 Å². The van der Waals surface area contributed by atoms with Gasteiger partial charge in [0.1, 0.15) is 5.41 Å². The van der Waals surface area contributed by atoms with Crippen LogP contribution in [0.15, 0.2) is 65.7 Å². The molecular formula is C23H28N2O5. The number of aromatic nitrogens is 1. The highest BCUT2D eigenvalue weighted by Gasteiger charge is 2.44. The summed E-state index contributed by atoms with van der Waals surface area (Å²) in [7, 11) is 1.42. The third-order valence-corrected chi connectivity index (χ3v) is 5.20. The van der Waals surface area contributed by atoms with Crippen molar-refractivity contribution in [3.63, 3.8) is 0 Å². The van der Waals surface area contributed by atoms with Crippen molar-refractivity contribution in [3.8, 4) is 0 Å². The van der Waals surface area contributed by atoms with Crippen LogP contribution < -0.4 is 0 Å². The van der Waals surface area contributed by atoms with Crippen molar-refractivity contribution in [2.75, 3.05) is 13.7 Å². The van der Waals surface area contributed by atoms with Gasteiger partial charge in [0.05, 0.1) is 31.2 Å². The van der Waals surface area contributed by atoms with Gasteiger partial charge in [-0.05, 0) is 43.7 Å². The number of oxime groups is 1. The molecule has 1 fully saturated rings. The number of hydrogen-bond donors (Lipinski definition) is 1. The van der Waals surface area contributed by atoms with Crippen LogP contribution in [0.4, 0.5) is 0 Å². The molecule has 2 aliphatic rings. The zero-order valence-corrected chi connectivity index (χ0v) is 17.4. The van der Waals surface area contributed by atoms with E-state index >= 15 is 0 Å². The predicted octanol–water partition coefficient (Wildman–Crippen LogP) is 4.41. The van der Waals surface area contributed by atoms with E-state index in [-0.39, 0.29) is 17.6 Å². The average molecular weight is 412 g/mol. The number of allylic oxidation sites excluding steroid dienone is 3. The molecule has 1 N–H and O–H groups in total. The zero-order chi connectivity index (χ0) is 21.4. The lowest BCUT2D eigenvalue weighted by Crippen LogP contribution is -2.37. The molecular weight excluding hydrogens is 384 g/mol. The fourth-order valence-electron chi connectivity index (χ4n) is 3.29. The van der Waals surface area contributed by atoms with Crippen molar-refractivity contribution in [1.82, 2.24) is 4.98 Å². The molecule has 0 radical (unpaired) electrons. The van der Waals surface area contributed by atoms with Gasteiger partial charge in [-0.1, -0.05) is 42.4 Å². The van der Waals surface area contributed by atoms with E-state index in [1.165, 1.54) is 13.4 Å². The Morgan fingerprint density at radius 1 is 1.40 bits per heavy atom. The van der Waals surface area contributed by atoms with Crippen molar-refractivity contribution in [2.45, 2.75) is 38.7 Å². The van der Waals surface area contributed by atoms with Gasteiger partial charge in [0.2, 0.25) is 5.90 Å². The molecule has 0 spiro atoms. The van der Waals surface area contributed by atoms with Crippen LogP contribution in [0, 0.1) is 11.3 Å². The maximum atomic E-state index is 12.1. The van der Waals surface area contributed by atoms with Crippen molar-refractivity contribution in [2.24, 2.45) is 16.5 Å².